The third-order valence-electron chi connectivity index (χ3n) is 3.69. The van der Waals surface area contributed by atoms with Crippen LogP contribution in [0.15, 0.2) is 47.2 Å². The molecule has 1 aromatic heterocycles. The minimum Gasteiger partial charge on any atom is -0.305 e. The first-order valence-corrected chi connectivity index (χ1v) is 7.48. The lowest BCUT2D eigenvalue weighted by Crippen LogP contribution is -2.42. The van der Waals surface area contributed by atoms with Crippen LogP contribution in [0.5, 0.6) is 0 Å². The molecule has 1 amide bonds. The van der Waals surface area contributed by atoms with Gasteiger partial charge in [0.05, 0.1) is 5.56 Å². The molecule has 1 unspecified atom stereocenters. The summed E-state index contributed by atoms with van der Waals surface area (Å²) in [6, 6.07) is 10.2. The van der Waals surface area contributed by atoms with E-state index in [0.717, 1.165) is 23.0 Å². The Morgan fingerprint density at radius 2 is 2.15 bits per heavy atom. The Kier molecular flexibility index (Phi) is 3.57. The summed E-state index contributed by atoms with van der Waals surface area (Å²) in [6.07, 6.45) is 5.32. The van der Waals surface area contributed by atoms with E-state index in [1.165, 1.54) is 5.56 Å². The van der Waals surface area contributed by atoms with Gasteiger partial charge in [0.2, 0.25) is 0 Å². The van der Waals surface area contributed by atoms with Gasteiger partial charge in [-0.05, 0) is 53.4 Å². The molecule has 1 aromatic carbocycles. The summed E-state index contributed by atoms with van der Waals surface area (Å²) >= 11 is 3.37. The molecular formula is C16H15BrN2O. The molecule has 3 nitrogen and oxygen atoms in total. The molecule has 20 heavy (non-hydrogen) atoms. The van der Waals surface area contributed by atoms with Crippen LogP contribution in [0.3, 0.4) is 0 Å². The van der Waals surface area contributed by atoms with E-state index in [1.54, 1.807) is 12.4 Å². The van der Waals surface area contributed by atoms with Crippen molar-refractivity contribution in [2.75, 3.05) is 4.90 Å². The number of pyridine rings is 1. The maximum atomic E-state index is 12.8. The quantitative estimate of drug-likeness (QED) is 0.796. The lowest BCUT2D eigenvalue weighted by Gasteiger charge is -2.35. The van der Waals surface area contributed by atoms with Crippen molar-refractivity contribution in [3.8, 4) is 0 Å². The Morgan fingerprint density at radius 1 is 1.35 bits per heavy atom. The number of rotatable bonds is 1. The number of benzene rings is 1. The molecule has 4 heteroatoms. The Morgan fingerprint density at radius 3 is 2.95 bits per heavy atom. The van der Waals surface area contributed by atoms with E-state index in [4.69, 9.17) is 0 Å². The number of aromatic nitrogens is 1. The fraction of sp³-hybridized carbons (Fsp3) is 0.250. The zero-order chi connectivity index (χ0) is 14.1. The van der Waals surface area contributed by atoms with Gasteiger partial charge >= 0.3 is 0 Å². The summed E-state index contributed by atoms with van der Waals surface area (Å²) in [4.78, 5) is 18.8. The number of amides is 1. The van der Waals surface area contributed by atoms with Gasteiger partial charge in [0.15, 0.2) is 0 Å². The van der Waals surface area contributed by atoms with Crippen molar-refractivity contribution in [1.29, 1.82) is 0 Å². The maximum absolute atomic E-state index is 12.8. The second-order valence-electron chi connectivity index (χ2n) is 5.08. The van der Waals surface area contributed by atoms with Crippen LogP contribution in [-0.2, 0) is 6.42 Å². The third kappa shape index (κ3) is 2.36. The second-order valence-corrected chi connectivity index (χ2v) is 6.00. The predicted molar refractivity (Wildman–Crippen MR) is 83.0 cm³/mol. The monoisotopic (exact) mass is 330 g/mol. The predicted octanol–water partition coefficient (Wildman–Crippen LogP) is 3.83. The maximum Gasteiger partial charge on any atom is 0.260 e. The summed E-state index contributed by atoms with van der Waals surface area (Å²) in [5.74, 6) is 0.0125. The van der Waals surface area contributed by atoms with Gasteiger partial charge in [0.1, 0.15) is 0 Å². The zero-order valence-electron chi connectivity index (χ0n) is 11.2. The van der Waals surface area contributed by atoms with Gasteiger partial charge in [0, 0.05) is 28.6 Å². The lowest BCUT2D eigenvalue weighted by molar-refractivity contribution is 0.0975. The molecule has 1 atom stereocenters. The van der Waals surface area contributed by atoms with Crippen LogP contribution < -0.4 is 4.90 Å². The van der Waals surface area contributed by atoms with Gasteiger partial charge in [-0.25, -0.2) is 0 Å². The van der Waals surface area contributed by atoms with E-state index >= 15 is 0 Å². The highest BCUT2D eigenvalue weighted by Crippen LogP contribution is 2.31. The summed E-state index contributed by atoms with van der Waals surface area (Å²) in [6.45, 7) is 2.10. The van der Waals surface area contributed by atoms with E-state index in [2.05, 4.69) is 33.9 Å². The minimum absolute atomic E-state index is 0.0125. The molecule has 0 spiro atoms. The number of nitrogens with zero attached hydrogens (tertiary/aromatic N) is 2. The number of hydrogen-bond acceptors (Lipinski definition) is 2. The number of aryl methyl sites for hydroxylation is 1. The van der Waals surface area contributed by atoms with Crippen molar-refractivity contribution in [3.05, 3.63) is 58.3 Å². The Balaban J connectivity index is 2.03. The Labute approximate surface area is 126 Å². The van der Waals surface area contributed by atoms with Gasteiger partial charge in [-0.15, -0.1) is 0 Å². The minimum atomic E-state index is 0.0125. The molecule has 0 fully saturated rings. The zero-order valence-corrected chi connectivity index (χ0v) is 12.8. The van der Waals surface area contributed by atoms with Crippen LogP contribution in [0.2, 0.25) is 0 Å². The summed E-state index contributed by atoms with van der Waals surface area (Å²) in [7, 11) is 0. The average molecular weight is 331 g/mol. The molecule has 0 radical (unpaired) electrons. The van der Waals surface area contributed by atoms with Crippen molar-refractivity contribution in [3.63, 3.8) is 0 Å². The standard InChI is InChI=1S/C16H15BrN2O/c1-11-6-7-12-4-2-3-5-15(12)19(11)16(20)13-8-14(17)10-18-9-13/h2-5,8-11H,6-7H2,1H3. The number of carbonyl (C=O) groups is 1. The van der Waals surface area contributed by atoms with Gasteiger partial charge in [-0.2, -0.15) is 0 Å². The number of carbonyl (C=O) groups excluding carboxylic acids is 1. The highest BCUT2D eigenvalue weighted by Gasteiger charge is 2.28. The highest BCUT2D eigenvalue weighted by atomic mass is 79.9. The van der Waals surface area contributed by atoms with Crippen molar-refractivity contribution in [2.24, 2.45) is 0 Å². The lowest BCUT2D eigenvalue weighted by atomic mass is 9.96. The summed E-state index contributed by atoms with van der Waals surface area (Å²) in [5, 5.41) is 0. The second kappa shape index (κ2) is 5.37. The molecule has 2 heterocycles. The van der Waals surface area contributed by atoms with Gasteiger partial charge in [-0.3, -0.25) is 9.78 Å². The number of fused-ring (bicyclic) bond motifs is 1. The third-order valence-corrected chi connectivity index (χ3v) is 4.13. The van der Waals surface area contributed by atoms with Crippen molar-refractivity contribution < 1.29 is 4.79 Å². The molecule has 0 saturated heterocycles. The number of anilines is 1. The van der Waals surface area contributed by atoms with E-state index in [9.17, 15) is 4.79 Å². The van der Waals surface area contributed by atoms with Crippen molar-refractivity contribution >= 4 is 27.5 Å². The largest absolute Gasteiger partial charge is 0.305 e. The van der Waals surface area contributed by atoms with Gasteiger partial charge in [-0.1, -0.05) is 18.2 Å². The average Bonchev–Trinajstić information content (AvgIpc) is 2.46. The molecule has 2 aromatic rings. The number of hydrogen-bond donors (Lipinski definition) is 0. The van der Waals surface area contributed by atoms with E-state index in [1.807, 2.05) is 29.2 Å². The van der Waals surface area contributed by atoms with Crippen molar-refractivity contribution in [2.45, 2.75) is 25.8 Å². The molecule has 0 saturated carbocycles. The first kappa shape index (κ1) is 13.3. The smallest absolute Gasteiger partial charge is 0.260 e. The van der Waals surface area contributed by atoms with E-state index in [-0.39, 0.29) is 11.9 Å². The van der Waals surface area contributed by atoms with Crippen molar-refractivity contribution in [1.82, 2.24) is 4.98 Å². The number of para-hydroxylation sites is 1. The van der Waals surface area contributed by atoms with E-state index in [0.29, 0.717) is 5.56 Å². The first-order valence-electron chi connectivity index (χ1n) is 6.69. The number of halogens is 1. The molecular weight excluding hydrogens is 316 g/mol. The molecule has 0 N–H and O–H groups in total. The van der Waals surface area contributed by atoms with Crippen LogP contribution in [-0.4, -0.2) is 16.9 Å². The van der Waals surface area contributed by atoms with Crippen LogP contribution in [0, 0.1) is 0 Å². The van der Waals surface area contributed by atoms with Crippen LogP contribution in [0.25, 0.3) is 0 Å². The first-order chi connectivity index (χ1) is 9.66. The van der Waals surface area contributed by atoms with Crippen LogP contribution >= 0.6 is 15.9 Å². The van der Waals surface area contributed by atoms with Crippen LogP contribution in [0.4, 0.5) is 5.69 Å². The van der Waals surface area contributed by atoms with E-state index < -0.39 is 0 Å². The topological polar surface area (TPSA) is 33.2 Å². The summed E-state index contributed by atoms with van der Waals surface area (Å²) in [5.41, 5.74) is 2.88. The molecule has 0 aliphatic carbocycles. The van der Waals surface area contributed by atoms with Gasteiger partial charge < -0.3 is 4.90 Å². The normalized spacial score (nSPS) is 17.7. The highest BCUT2D eigenvalue weighted by molar-refractivity contribution is 9.10. The Bertz CT molecular complexity index is 656. The molecule has 102 valence electrons. The molecule has 3 rings (SSSR count). The molecule has 1 aliphatic rings. The van der Waals surface area contributed by atoms with Gasteiger partial charge in [0.25, 0.3) is 5.91 Å². The fourth-order valence-corrected chi connectivity index (χ4v) is 3.03. The Hall–Kier alpha value is -1.68. The summed E-state index contributed by atoms with van der Waals surface area (Å²) < 4.78 is 0.821. The molecule has 1 aliphatic heterocycles. The molecule has 0 bridgehead atoms. The van der Waals surface area contributed by atoms with Crippen LogP contribution in [0.1, 0.15) is 29.3 Å². The SMILES string of the molecule is CC1CCc2ccccc2N1C(=O)c1cncc(Br)c1. The fourth-order valence-electron chi connectivity index (χ4n) is 2.67.